The molecule has 36 heavy (non-hydrogen) atoms. The van der Waals surface area contributed by atoms with Crippen molar-refractivity contribution in [1.29, 1.82) is 5.26 Å². The largest absolute Gasteiger partial charge is 0.493 e. The van der Waals surface area contributed by atoms with Crippen molar-refractivity contribution in [1.82, 2.24) is 15.8 Å². The third-order valence-corrected chi connectivity index (χ3v) is 7.22. The number of morpholine rings is 1. The third kappa shape index (κ3) is 4.60. The average Bonchev–Trinajstić information content (AvgIpc) is 3.32. The number of nitriles is 1. The van der Waals surface area contributed by atoms with E-state index in [4.69, 9.17) is 24.7 Å². The molecule has 4 unspecified atom stereocenters. The van der Waals surface area contributed by atoms with Crippen molar-refractivity contribution in [3.63, 3.8) is 0 Å². The summed E-state index contributed by atoms with van der Waals surface area (Å²) in [6.07, 6.45) is -0.914. The average molecular weight is 556 g/mol. The van der Waals surface area contributed by atoms with Crippen LogP contribution < -0.4 is 26.1 Å². The van der Waals surface area contributed by atoms with Crippen LogP contribution in [0.25, 0.3) is 0 Å². The predicted molar refractivity (Wildman–Crippen MR) is 132 cm³/mol. The highest BCUT2D eigenvalue weighted by molar-refractivity contribution is 9.10. The lowest BCUT2D eigenvalue weighted by atomic mass is 9.74. The first kappa shape index (κ1) is 24.4. The number of benzene rings is 2. The molecule has 3 aliphatic heterocycles. The Morgan fingerprint density at radius 3 is 2.56 bits per heavy atom. The fourth-order valence-corrected chi connectivity index (χ4v) is 5.18. The van der Waals surface area contributed by atoms with E-state index in [1.165, 1.54) is 7.11 Å². The molecular weight excluding hydrogens is 530 g/mol. The van der Waals surface area contributed by atoms with Crippen molar-refractivity contribution in [3.05, 3.63) is 69.5 Å². The molecule has 0 saturated carbocycles. The molecule has 2 fully saturated rings. The number of fused-ring (bicyclic) bond motifs is 1. The van der Waals surface area contributed by atoms with Crippen molar-refractivity contribution >= 4 is 22.0 Å². The van der Waals surface area contributed by atoms with Crippen LogP contribution >= 0.6 is 15.9 Å². The molecular formula is C25H26BrN5O5. The molecule has 0 aromatic heterocycles. The van der Waals surface area contributed by atoms with E-state index in [9.17, 15) is 10.1 Å². The van der Waals surface area contributed by atoms with Gasteiger partial charge in [-0.15, -0.1) is 0 Å². The van der Waals surface area contributed by atoms with Gasteiger partial charge in [-0.05, 0) is 35.4 Å². The van der Waals surface area contributed by atoms with Crippen molar-refractivity contribution in [3.8, 4) is 17.6 Å². The van der Waals surface area contributed by atoms with Crippen LogP contribution in [0.15, 0.2) is 58.4 Å². The quantitative estimate of drug-likeness (QED) is 0.520. The topological polar surface area (TPSA) is 131 Å². The summed E-state index contributed by atoms with van der Waals surface area (Å²) in [6.45, 7) is 1.89. The van der Waals surface area contributed by atoms with Gasteiger partial charge in [0.15, 0.2) is 17.7 Å². The first-order valence-electron chi connectivity index (χ1n) is 11.6. The zero-order valence-corrected chi connectivity index (χ0v) is 21.2. The van der Waals surface area contributed by atoms with Crippen LogP contribution in [0.5, 0.6) is 11.5 Å². The number of carbonyl (C=O) groups is 1. The molecule has 11 heteroatoms. The van der Waals surface area contributed by atoms with Gasteiger partial charge in [-0.1, -0.05) is 34.1 Å². The molecule has 3 aliphatic rings. The standard InChI is InChI=1S/C25H26BrN5O5/c1-33-19-12-15(4-7-18(19)35-25(32)31-8-10-34-11-9-31)20-17(13-27)23(28)36-24-21(20)22(29-30-24)14-2-5-16(26)6-3-14/h2-7,12,20-22,24,29-30H,8-11,28H2,1H3. The van der Waals surface area contributed by atoms with Crippen molar-refractivity contribution in [2.75, 3.05) is 33.4 Å². The van der Waals surface area contributed by atoms with Gasteiger partial charge in [-0.2, -0.15) is 5.26 Å². The molecule has 2 aromatic carbocycles. The molecule has 0 bridgehead atoms. The highest BCUT2D eigenvalue weighted by atomic mass is 79.9. The van der Waals surface area contributed by atoms with Gasteiger partial charge >= 0.3 is 6.09 Å². The van der Waals surface area contributed by atoms with Crippen LogP contribution in [0.1, 0.15) is 23.1 Å². The number of hydrogen-bond donors (Lipinski definition) is 3. The first-order chi connectivity index (χ1) is 17.5. The molecule has 2 saturated heterocycles. The van der Waals surface area contributed by atoms with Crippen LogP contribution in [0, 0.1) is 17.2 Å². The van der Waals surface area contributed by atoms with E-state index in [-0.39, 0.29) is 17.8 Å². The number of hydrazine groups is 1. The molecule has 0 aliphatic carbocycles. The molecule has 5 rings (SSSR count). The van der Waals surface area contributed by atoms with E-state index >= 15 is 0 Å². The van der Waals surface area contributed by atoms with Gasteiger partial charge in [-0.25, -0.2) is 15.6 Å². The Morgan fingerprint density at radius 2 is 1.86 bits per heavy atom. The van der Waals surface area contributed by atoms with E-state index in [0.29, 0.717) is 43.4 Å². The van der Waals surface area contributed by atoms with Crippen LogP contribution in [-0.4, -0.2) is 50.6 Å². The minimum Gasteiger partial charge on any atom is -0.493 e. The summed E-state index contributed by atoms with van der Waals surface area (Å²) in [7, 11) is 1.51. The van der Waals surface area contributed by atoms with E-state index in [2.05, 4.69) is 32.9 Å². The number of nitrogens with zero attached hydrogens (tertiary/aromatic N) is 2. The van der Waals surface area contributed by atoms with E-state index in [0.717, 1.165) is 15.6 Å². The second-order valence-electron chi connectivity index (χ2n) is 8.68. The van der Waals surface area contributed by atoms with E-state index in [1.54, 1.807) is 17.0 Å². The highest BCUT2D eigenvalue weighted by Gasteiger charge is 2.49. The number of rotatable bonds is 4. The Labute approximate surface area is 217 Å². The summed E-state index contributed by atoms with van der Waals surface area (Å²) < 4.78 is 23.4. The van der Waals surface area contributed by atoms with Crippen LogP contribution in [-0.2, 0) is 9.47 Å². The number of methoxy groups -OCH3 is 1. The highest BCUT2D eigenvalue weighted by Crippen LogP contribution is 2.48. The lowest BCUT2D eigenvalue weighted by Gasteiger charge is -2.36. The molecule has 0 spiro atoms. The number of nitrogens with one attached hydrogen (secondary N) is 2. The van der Waals surface area contributed by atoms with Crippen molar-refractivity contribution < 1.29 is 23.7 Å². The number of carbonyl (C=O) groups excluding carboxylic acids is 1. The van der Waals surface area contributed by atoms with Gasteiger partial charge in [0.2, 0.25) is 5.88 Å². The van der Waals surface area contributed by atoms with Crippen molar-refractivity contribution in [2.24, 2.45) is 11.7 Å². The normalized spacial score (nSPS) is 25.5. The Hall–Kier alpha value is -3.30. The molecule has 4 atom stereocenters. The van der Waals surface area contributed by atoms with E-state index < -0.39 is 18.2 Å². The maximum atomic E-state index is 12.6. The maximum Gasteiger partial charge on any atom is 0.415 e. The number of ether oxygens (including phenoxy) is 4. The number of nitrogens with two attached hydrogens (primary N) is 1. The molecule has 3 heterocycles. The summed E-state index contributed by atoms with van der Waals surface area (Å²) in [5, 5.41) is 10.0. The Bertz CT molecular complexity index is 1210. The minimum atomic E-state index is -0.461. The van der Waals surface area contributed by atoms with Crippen LogP contribution in [0.4, 0.5) is 4.79 Å². The van der Waals surface area contributed by atoms with Gasteiger partial charge in [0, 0.05) is 29.4 Å². The molecule has 188 valence electrons. The fourth-order valence-electron chi connectivity index (χ4n) is 4.92. The zero-order valence-electron chi connectivity index (χ0n) is 19.6. The number of allylic oxidation sites excluding steroid dienone is 1. The lowest BCUT2D eigenvalue weighted by Crippen LogP contribution is -2.42. The summed E-state index contributed by atoms with van der Waals surface area (Å²) in [5.41, 5.74) is 14.8. The number of hydrogen-bond acceptors (Lipinski definition) is 9. The summed E-state index contributed by atoms with van der Waals surface area (Å²) >= 11 is 3.48. The smallest absolute Gasteiger partial charge is 0.415 e. The number of amides is 1. The fraction of sp³-hybridized carbons (Fsp3) is 0.360. The third-order valence-electron chi connectivity index (χ3n) is 6.69. The van der Waals surface area contributed by atoms with Crippen LogP contribution in [0.3, 0.4) is 0 Å². The summed E-state index contributed by atoms with van der Waals surface area (Å²) in [5.74, 6) is 0.162. The summed E-state index contributed by atoms with van der Waals surface area (Å²) in [4.78, 5) is 14.2. The molecule has 1 amide bonds. The summed E-state index contributed by atoms with van der Waals surface area (Å²) in [6, 6.07) is 15.4. The van der Waals surface area contributed by atoms with Gasteiger partial charge in [0.05, 0.1) is 31.9 Å². The first-order valence-corrected chi connectivity index (χ1v) is 12.3. The number of halogens is 1. The molecule has 10 nitrogen and oxygen atoms in total. The monoisotopic (exact) mass is 555 g/mol. The SMILES string of the molecule is COc1cc(C2C(C#N)=C(N)OC3NNC(c4ccc(Br)cc4)C32)ccc1OC(=O)N1CCOCC1. The Balaban J connectivity index is 1.49. The second-order valence-corrected chi connectivity index (χ2v) is 9.59. The predicted octanol–water partition coefficient (Wildman–Crippen LogP) is 2.89. The van der Waals surface area contributed by atoms with Crippen molar-refractivity contribution in [2.45, 2.75) is 18.2 Å². The van der Waals surface area contributed by atoms with Crippen LogP contribution in [0.2, 0.25) is 0 Å². The Kier molecular flexibility index (Phi) is 7.02. The molecule has 4 N–H and O–H groups in total. The molecule has 2 aromatic rings. The minimum absolute atomic E-state index is 0.0799. The second kappa shape index (κ2) is 10.4. The van der Waals surface area contributed by atoms with Gasteiger partial charge in [0.1, 0.15) is 6.07 Å². The van der Waals surface area contributed by atoms with Gasteiger partial charge in [-0.3, -0.25) is 0 Å². The van der Waals surface area contributed by atoms with Gasteiger partial charge < -0.3 is 29.6 Å². The lowest BCUT2D eigenvalue weighted by molar-refractivity contribution is 0.0340. The molecule has 0 radical (unpaired) electrons. The Morgan fingerprint density at radius 1 is 1.14 bits per heavy atom. The zero-order chi connectivity index (χ0) is 25.2. The van der Waals surface area contributed by atoms with Gasteiger partial charge in [0.25, 0.3) is 0 Å². The van der Waals surface area contributed by atoms with E-state index in [1.807, 2.05) is 30.3 Å². The maximum absolute atomic E-state index is 12.6.